The molecule has 0 aliphatic heterocycles. The van der Waals surface area contributed by atoms with Gasteiger partial charge in [-0.3, -0.25) is 0 Å². The van der Waals surface area contributed by atoms with Crippen LogP contribution < -0.4 is 35.3 Å². The van der Waals surface area contributed by atoms with Gasteiger partial charge in [-0.05, 0) is 39.5 Å². The van der Waals surface area contributed by atoms with E-state index in [4.69, 9.17) is 0 Å². The fraction of sp³-hybridized carbons (Fsp3) is 0.216. The zero-order chi connectivity index (χ0) is 27.0. The first-order chi connectivity index (χ1) is 18.2. The molecule has 0 saturated carbocycles. The van der Waals surface area contributed by atoms with Crippen molar-refractivity contribution >= 4 is 14.9 Å². The molecule has 0 heterocycles. The summed E-state index contributed by atoms with van der Waals surface area (Å²) in [5.74, 6) is 0. The van der Waals surface area contributed by atoms with Gasteiger partial charge in [-0.25, -0.2) is 0 Å². The predicted molar refractivity (Wildman–Crippen MR) is 159 cm³/mol. The molecule has 0 nitrogen and oxygen atoms in total. The number of rotatable bonds is 3. The van der Waals surface area contributed by atoms with Crippen LogP contribution in [0.1, 0.15) is 56.4 Å². The van der Waals surface area contributed by atoms with Crippen LogP contribution in [0, 0.1) is 19.3 Å². The van der Waals surface area contributed by atoms with Gasteiger partial charge in [-0.2, -0.15) is 0 Å². The van der Waals surface area contributed by atoms with Crippen LogP contribution in [0.4, 0.5) is 0 Å². The van der Waals surface area contributed by atoms with E-state index >= 15 is 0 Å². The van der Waals surface area contributed by atoms with Crippen molar-refractivity contribution < 1.29 is 49.0 Å². The molecule has 0 aromatic heterocycles. The fourth-order valence-electron chi connectivity index (χ4n) is 6.01. The average molecular weight is 642 g/mol. The normalized spacial score (nSPS) is 16.1. The Morgan fingerprint density at radius 1 is 0.825 bits per heavy atom. The van der Waals surface area contributed by atoms with Gasteiger partial charge in [0.15, 0.2) is 0 Å². The van der Waals surface area contributed by atoms with Crippen LogP contribution >= 0.6 is 0 Å². The summed E-state index contributed by atoms with van der Waals surface area (Å²) in [6.45, 7) is 13.8. The van der Waals surface area contributed by atoms with Crippen molar-refractivity contribution in [3.05, 3.63) is 152 Å². The molecule has 0 atom stereocenters. The zero-order valence-electron chi connectivity index (χ0n) is 24.1. The number of aryl methyl sites for hydroxylation is 2. The van der Waals surface area contributed by atoms with E-state index in [-0.39, 0.29) is 30.2 Å². The molecule has 202 valence electrons. The molecule has 0 amide bonds. The van der Waals surface area contributed by atoms with Crippen LogP contribution in [0.5, 0.6) is 0 Å². The van der Waals surface area contributed by atoms with E-state index in [9.17, 15) is 0 Å². The van der Waals surface area contributed by atoms with E-state index in [1.54, 1.807) is 0 Å². The Morgan fingerprint density at radius 3 is 1.93 bits per heavy atom. The molecule has 0 fully saturated rings. The van der Waals surface area contributed by atoms with Crippen molar-refractivity contribution in [3.63, 3.8) is 0 Å². The second-order valence-electron chi connectivity index (χ2n) is 11.1. The maximum atomic E-state index is 3.79. The van der Waals surface area contributed by atoms with Gasteiger partial charge >= 0.3 is 99.2 Å². The van der Waals surface area contributed by atoms with Gasteiger partial charge in [-0.15, -0.1) is 33.7 Å². The molecule has 0 spiro atoms. The third-order valence-electron chi connectivity index (χ3n) is 8.21. The third kappa shape index (κ3) is 5.99. The van der Waals surface area contributed by atoms with Crippen molar-refractivity contribution in [2.45, 2.75) is 48.0 Å². The van der Waals surface area contributed by atoms with Crippen LogP contribution in [0.25, 0.3) is 11.6 Å². The van der Waals surface area contributed by atoms with Crippen LogP contribution in [0.2, 0.25) is 0 Å². The first-order valence-electron chi connectivity index (χ1n) is 13.4. The van der Waals surface area contributed by atoms with Crippen molar-refractivity contribution in [2.75, 3.05) is 0 Å². The number of hydrogen-bond donors (Lipinski definition) is 0. The van der Waals surface area contributed by atoms with E-state index < -0.39 is 0 Å². The van der Waals surface area contributed by atoms with Crippen molar-refractivity contribution in [3.8, 4) is 0 Å². The standard InChI is InChI=1S/C24H25.C13H10.2ClH.Zr/c1-14-11-15(2)21-19(12-14)13-20-22(21)16(3)17(4)24(5,6)23(20)18-9-7-8-10-18;1-3-7-12(8-4-1)11-13-9-5-2-6-10-13;;;/h7-9,11-12H,10H2,1-6H3;1-10H;2*1H;/q-1;;;;+2/p-2. The Kier molecular flexibility index (Phi) is 10.6. The van der Waals surface area contributed by atoms with E-state index in [1.165, 1.54) is 93.6 Å². The Labute approximate surface area is 267 Å². The minimum atomic E-state index is 0. The van der Waals surface area contributed by atoms with Gasteiger partial charge in [0.2, 0.25) is 0 Å². The summed E-state index contributed by atoms with van der Waals surface area (Å²) in [4.78, 5) is 0. The molecule has 40 heavy (non-hydrogen) atoms. The maximum absolute atomic E-state index is 3.79. The van der Waals surface area contributed by atoms with Gasteiger partial charge in [0.05, 0.1) is 0 Å². The van der Waals surface area contributed by atoms with E-state index in [0.29, 0.717) is 0 Å². The van der Waals surface area contributed by atoms with E-state index in [2.05, 4.69) is 139 Å². The van der Waals surface area contributed by atoms with Crippen LogP contribution in [-0.4, -0.2) is 3.21 Å². The molecule has 3 aliphatic rings. The predicted octanol–water partition coefficient (Wildman–Crippen LogP) is 1.49. The molecule has 0 bridgehead atoms. The fourth-order valence-corrected chi connectivity index (χ4v) is 6.83. The minimum absolute atomic E-state index is 0. The Hall–Kier alpha value is -2.31. The topological polar surface area (TPSA) is 0 Å². The summed E-state index contributed by atoms with van der Waals surface area (Å²) < 4.78 is 1.42. The number of halogens is 2. The van der Waals surface area contributed by atoms with Crippen LogP contribution in [-0.2, 0) is 24.2 Å². The molecular weight excluding hydrogens is 607 g/mol. The number of benzene rings is 3. The molecule has 0 N–H and O–H groups in total. The molecule has 0 unspecified atom stereocenters. The van der Waals surface area contributed by atoms with Gasteiger partial charge in [0.25, 0.3) is 0 Å². The average Bonchev–Trinajstić information content (AvgIpc) is 3.57. The molecular formula is C37H35Cl2Zr-. The van der Waals surface area contributed by atoms with Gasteiger partial charge in [0.1, 0.15) is 0 Å². The first-order valence-corrected chi connectivity index (χ1v) is 14.7. The molecule has 3 aromatic carbocycles. The SMILES string of the molecule is CC1=C(C)C(C)(C)C(C2=CC=CC2)=C2[C-]=c3cc(C)cc(C)c3=C12.[Cl-].[Cl-].[Zr+2]=[C](c1ccccc1)c1ccccc1. The summed E-state index contributed by atoms with van der Waals surface area (Å²) in [7, 11) is 0. The summed E-state index contributed by atoms with van der Waals surface area (Å²) in [6, 6.07) is 25.7. The molecule has 3 aliphatic carbocycles. The second-order valence-corrected chi connectivity index (χ2v) is 12.3. The molecule has 3 aromatic rings. The van der Waals surface area contributed by atoms with Crippen LogP contribution in [0.15, 0.2) is 119 Å². The molecule has 6 rings (SSSR count). The Bertz CT molecular complexity index is 1640. The van der Waals surface area contributed by atoms with Crippen LogP contribution in [0.3, 0.4) is 0 Å². The summed E-state index contributed by atoms with van der Waals surface area (Å²) in [5, 5.41) is 2.67. The summed E-state index contributed by atoms with van der Waals surface area (Å²) in [5.41, 5.74) is 14.0. The first kappa shape index (κ1) is 32.2. The molecule has 3 heteroatoms. The molecule has 0 radical (unpaired) electrons. The number of fused-ring (bicyclic) bond motifs is 2. The van der Waals surface area contributed by atoms with Gasteiger partial charge in [0, 0.05) is 0 Å². The number of hydrogen-bond acceptors (Lipinski definition) is 0. The Balaban J connectivity index is 0.000000238. The second kappa shape index (κ2) is 13.1. The number of allylic oxidation sites excluding steroid dienone is 8. The zero-order valence-corrected chi connectivity index (χ0v) is 28.1. The van der Waals surface area contributed by atoms with Gasteiger partial charge in [-0.1, -0.05) is 71.6 Å². The Morgan fingerprint density at radius 2 is 1.40 bits per heavy atom. The third-order valence-corrected chi connectivity index (χ3v) is 9.63. The summed E-state index contributed by atoms with van der Waals surface area (Å²) in [6.07, 6.45) is 11.6. The monoisotopic (exact) mass is 639 g/mol. The summed E-state index contributed by atoms with van der Waals surface area (Å²) >= 11 is 1.46. The quantitative estimate of drug-likeness (QED) is 0.381. The van der Waals surface area contributed by atoms with E-state index in [0.717, 1.165) is 6.42 Å². The van der Waals surface area contributed by atoms with Gasteiger partial charge < -0.3 is 24.8 Å². The van der Waals surface area contributed by atoms with E-state index in [1.807, 2.05) is 0 Å². The van der Waals surface area contributed by atoms with Crippen molar-refractivity contribution in [1.82, 2.24) is 0 Å². The van der Waals surface area contributed by atoms with Crippen molar-refractivity contribution in [2.24, 2.45) is 5.41 Å². The van der Waals surface area contributed by atoms with Crippen molar-refractivity contribution in [1.29, 1.82) is 0 Å². The molecule has 0 saturated heterocycles.